The fourth-order valence-corrected chi connectivity index (χ4v) is 6.10. The molecule has 1 aliphatic rings. The maximum atomic E-state index is 13.2. The Morgan fingerprint density at radius 2 is 1.76 bits per heavy atom. The van der Waals surface area contributed by atoms with Crippen LogP contribution in [0.15, 0.2) is 83.9 Å². The highest BCUT2D eigenvalue weighted by Gasteiger charge is 2.47. The van der Waals surface area contributed by atoms with E-state index in [1.165, 1.54) is 4.31 Å². The molecule has 8 heteroatoms. The van der Waals surface area contributed by atoms with Gasteiger partial charge in [0, 0.05) is 18.1 Å². The number of thiol groups is 1. The average molecular weight is 533 g/mol. The smallest absolute Gasteiger partial charge is 0.326 e. The van der Waals surface area contributed by atoms with Gasteiger partial charge < -0.3 is 15.0 Å². The lowest BCUT2D eigenvalue weighted by molar-refractivity contribution is -0.141. The Morgan fingerprint density at radius 3 is 2.41 bits per heavy atom. The van der Waals surface area contributed by atoms with Gasteiger partial charge in [-0.3, -0.25) is 9.59 Å². The lowest BCUT2D eigenvalue weighted by Crippen LogP contribution is -2.47. The summed E-state index contributed by atoms with van der Waals surface area (Å²) in [5.74, 6) is -1.12. The van der Waals surface area contributed by atoms with E-state index in [0.29, 0.717) is 10.6 Å². The number of carboxylic acids is 1. The highest BCUT2D eigenvalue weighted by molar-refractivity contribution is 7.94. The molecule has 3 atom stereocenters. The topological polar surface area (TPSA) is 92.7 Å². The molecule has 0 aliphatic carbocycles. The van der Waals surface area contributed by atoms with Gasteiger partial charge in [-0.25, -0.2) is 0 Å². The highest BCUT2D eigenvalue weighted by Crippen LogP contribution is 2.30. The van der Waals surface area contributed by atoms with E-state index >= 15 is 0 Å². The summed E-state index contributed by atoms with van der Waals surface area (Å²) in [4.78, 5) is 24.6. The zero-order chi connectivity index (χ0) is 26.5. The molecule has 6 nitrogen and oxygen atoms in total. The first-order valence-corrected chi connectivity index (χ1v) is 13.4. The predicted octanol–water partition coefficient (Wildman–Crippen LogP) is 4.98. The molecule has 0 bridgehead atoms. The normalized spacial score (nSPS) is 19.7. The van der Waals surface area contributed by atoms with E-state index in [1.54, 1.807) is 18.2 Å². The van der Waals surface area contributed by atoms with Crippen molar-refractivity contribution < 1.29 is 19.2 Å². The lowest BCUT2D eigenvalue weighted by Gasteiger charge is -2.24. The van der Waals surface area contributed by atoms with Crippen molar-refractivity contribution >= 4 is 47.9 Å². The highest BCUT2D eigenvalue weighted by atomic mass is 32.2. The molecule has 3 aromatic carbocycles. The van der Waals surface area contributed by atoms with Gasteiger partial charge in [-0.15, -0.1) is 12.6 Å². The van der Waals surface area contributed by atoms with Gasteiger partial charge in [-0.1, -0.05) is 88.7 Å². The molecule has 0 aromatic heterocycles. The Bertz CT molecular complexity index is 1340. The number of carbonyl (C=O) groups is 2. The zero-order valence-corrected chi connectivity index (χ0v) is 22.2. The second-order valence-electron chi connectivity index (χ2n) is 8.86. The van der Waals surface area contributed by atoms with Gasteiger partial charge in [-0.05, 0) is 42.2 Å². The van der Waals surface area contributed by atoms with Crippen LogP contribution in [0.25, 0.3) is 12.2 Å². The van der Waals surface area contributed by atoms with Gasteiger partial charge >= 0.3 is 5.97 Å². The first kappa shape index (κ1) is 26.8. The summed E-state index contributed by atoms with van der Waals surface area (Å²) in [6, 6.07) is 21.4. The van der Waals surface area contributed by atoms with Crippen molar-refractivity contribution in [2.24, 2.45) is 0 Å². The molecule has 2 N–H and O–H groups in total. The summed E-state index contributed by atoms with van der Waals surface area (Å²) in [6.45, 7) is 3.92. The largest absolute Gasteiger partial charge is 0.591 e. The quantitative estimate of drug-likeness (QED) is 0.164. The molecule has 37 heavy (non-hydrogen) atoms. The zero-order valence-electron chi connectivity index (χ0n) is 20.5. The maximum absolute atomic E-state index is 13.2. The molecular weight excluding hydrogens is 504 g/mol. The Balaban J connectivity index is 1.46. The molecule has 3 aromatic rings. The third-order valence-corrected chi connectivity index (χ3v) is 8.06. The van der Waals surface area contributed by atoms with Crippen molar-refractivity contribution in [1.82, 2.24) is 9.62 Å². The Morgan fingerprint density at radius 1 is 1.08 bits per heavy atom. The molecule has 0 spiro atoms. The van der Waals surface area contributed by atoms with Crippen molar-refractivity contribution in [3.8, 4) is 0 Å². The number of rotatable bonds is 8. The SMILES string of the molecule is Cc1ccc(C(=O)/C=C/c2ccc(/C=C3/N[C@H](S)N(C(Cc4ccccc4)C(=O)O)[S+]3[O-])cc2)c(C)c1. The number of hydrogen-bond donors (Lipinski definition) is 3. The number of aryl methyl sites for hydroxylation is 2. The molecule has 190 valence electrons. The molecule has 0 saturated carbocycles. The predicted molar refractivity (Wildman–Crippen MR) is 151 cm³/mol. The Labute approximate surface area is 225 Å². The van der Waals surface area contributed by atoms with Crippen molar-refractivity contribution in [3.05, 3.63) is 117 Å². The molecule has 1 heterocycles. The van der Waals surface area contributed by atoms with E-state index in [0.717, 1.165) is 27.8 Å². The second kappa shape index (κ2) is 11.8. The number of nitrogens with one attached hydrogen (secondary N) is 1. The summed E-state index contributed by atoms with van der Waals surface area (Å²) in [5.41, 5.74) is 4.49. The second-order valence-corrected chi connectivity index (χ2v) is 10.7. The molecule has 0 amide bonds. The van der Waals surface area contributed by atoms with Crippen LogP contribution >= 0.6 is 12.6 Å². The molecule has 4 rings (SSSR count). The van der Waals surface area contributed by atoms with Gasteiger partial charge in [0.05, 0.1) is 0 Å². The minimum absolute atomic E-state index is 0.0577. The van der Waals surface area contributed by atoms with Gasteiger partial charge in [0.15, 0.2) is 17.3 Å². The molecule has 0 radical (unpaired) electrons. The van der Waals surface area contributed by atoms with Crippen LogP contribution in [0.1, 0.15) is 38.2 Å². The van der Waals surface area contributed by atoms with Crippen LogP contribution in [0.5, 0.6) is 0 Å². The minimum atomic E-state index is -1.73. The third kappa shape index (κ3) is 6.53. The summed E-state index contributed by atoms with van der Waals surface area (Å²) in [6.07, 6.45) is 5.24. The fourth-order valence-electron chi connectivity index (χ4n) is 4.15. The van der Waals surface area contributed by atoms with Crippen LogP contribution < -0.4 is 5.32 Å². The summed E-state index contributed by atoms with van der Waals surface area (Å²) in [7, 11) is 0. The molecular formula is C29H28N2O4S2. The van der Waals surface area contributed by atoms with Gasteiger partial charge in [-0.2, -0.15) is 0 Å². The Hall–Kier alpha value is -3.30. The summed E-state index contributed by atoms with van der Waals surface area (Å²) >= 11 is 2.73. The molecule has 1 saturated heterocycles. The number of carboxylic acid groups (broad SMARTS) is 1. The Kier molecular flexibility index (Phi) is 8.56. The number of allylic oxidation sites excluding steroid dienone is 1. The number of carbonyl (C=O) groups excluding carboxylic acids is 1. The monoisotopic (exact) mass is 532 g/mol. The number of ketones is 1. The summed E-state index contributed by atoms with van der Waals surface area (Å²) in [5, 5.41) is 13.3. The molecule has 2 unspecified atom stereocenters. The molecule has 1 aliphatic heterocycles. The van der Waals surface area contributed by atoms with Crippen molar-refractivity contribution in [1.29, 1.82) is 0 Å². The van der Waals surface area contributed by atoms with E-state index in [-0.39, 0.29) is 12.2 Å². The first-order valence-electron chi connectivity index (χ1n) is 11.8. The van der Waals surface area contributed by atoms with E-state index in [4.69, 9.17) is 0 Å². The first-order chi connectivity index (χ1) is 17.7. The van der Waals surface area contributed by atoms with E-state index in [1.807, 2.05) is 86.6 Å². The van der Waals surface area contributed by atoms with Crippen LogP contribution in [0, 0.1) is 13.8 Å². The van der Waals surface area contributed by atoms with Crippen molar-refractivity contribution in [2.75, 3.05) is 0 Å². The van der Waals surface area contributed by atoms with Crippen LogP contribution in [0.4, 0.5) is 0 Å². The van der Waals surface area contributed by atoms with Crippen molar-refractivity contribution in [3.63, 3.8) is 0 Å². The van der Waals surface area contributed by atoms with Crippen LogP contribution in [-0.4, -0.2) is 37.3 Å². The molecule has 1 fully saturated rings. The van der Waals surface area contributed by atoms with Gasteiger partial charge in [0.2, 0.25) is 5.03 Å². The van der Waals surface area contributed by atoms with Crippen LogP contribution in [0.3, 0.4) is 0 Å². The lowest BCUT2D eigenvalue weighted by atomic mass is 10.0. The standard InChI is InChI=1S/C29H28N2O4S2/c1-19-8-14-24(20(2)16-19)26(32)15-13-21-9-11-23(12-10-21)18-27-30-29(36)31(37(27)35)25(28(33)34)17-22-6-4-3-5-7-22/h3-16,18,25,29-30,36H,17H2,1-2H3,(H,33,34)/b15-13+,27-18-/t25?,29-,37?/m0/s1. The third-order valence-electron chi connectivity index (χ3n) is 6.06. The van der Waals surface area contributed by atoms with E-state index < -0.39 is 28.9 Å². The minimum Gasteiger partial charge on any atom is -0.591 e. The number of hydrogen-bond acceptors (Lipinski definition) is 6. The number of benzene rings is 3. The van der Waals surface area contributed by atoms with Gasteiger partial charge in [0.1, 0.15) is 11.4 Å². The van der Waals surface area contributed by atoms with E-state index in [9.17, 15) is 19.2 Å². The van der Waals surface area contributed by atoms with Crippen LogP contribution in [-0.2, 0) is 22.6 Å². The number of aliphatic carboxylic acids is 1. The average Bonchev–Trinajstić information content (AvgIpc) is 3.14. The van der Waals surface area contributed by atoms with Gasteiger partial charge in [0.25, 0.3) is 0 Å². The van der Waals surface area contributed by atoms with Crippen LogP contribution in [0.2, 0.25) is 0 Å². The summed E-state index contributed by atoms with van der Waals surface area (Å²) < 4.78 is 14.6. The van der Waals surface area contributed by atoms with Crippen molar-refractivity contribution in [2.45, 2.75) is 31.8 Å². The van der Waals surface area contributed by atoms with E-state index in [2.05, 4.69) is 17.9 Å². The fraction of sp³-hybridized carbons (Fsp3) is 0.172. The number of nitrogens with zero attached hydrogens (tertiary/aromatic N) is 1. The maximum Gasteiger partial charge on any atom is 0.326 e.